The standard InChI is InChI=1S/C19H37N5O2/c1-4-26-19(25)24-13-8-17(9-14-24)22-18(20-3)21-10-6-12-23-11-5-7-16(2)15-23/h16-17H,4-15H2,1-3H3,(H2,20,21,22). The fourth-order valence-corrected chi connectivity index (χ4v) is 3.81. The molecule has 2 rings (SSSR count). The predicted octanol–water partition coefficient (Wildman–Crippen LogP) is 1.89. The van der Waals surface area contributed by atoms with Gasteiger partial charge in [0.05, 0.1) is 6.61 Å². The zero-order chi connectivity index (χ0) is 18.8. The van der Waals surface area contributed by atoms with Gasteiger partial charge in [0, 0.05) is 39.3 Å². The molecule has 0 aromatic carbocycles. The first kappa shape index (κ1) is 20.8. The number of guanidine groups is 1. The quantitative estimate of drug-likeness (QED) is 0.426. The van der Waals surface area contributed by atoms with E-state index in [4.69, 9.17) is 4.74 Å². The van der Waals surface area contributed by atoms with Crippen LogP contribution in [0.2, 0.25) is 0 Å². The van der Waals surface area contributed by atoms with Crippen molar-refractivity contribution >= 4 is 12.1 Å². The van der Waals surface area contributed by atoms with E-state index in [-0.39, 0.29) is 6.09 Å². The Labute approximate surface area is 158 Å². The maximum atomic E-state index is 11.8. The summed E-state index contributed by atoms with van der Waals surface area (Å²) in [6.07, 6.45) is 5.49. The van der Waals surface area contributed by atoms with E-state index in [0.29, 0.717) is 12.6 Å². The third-order valence-electron chi connectivity index (χ3n) is 5.27. The lowest BCUT2D eigenvalue weighted by Gasteiger charge is -2.32. The number of carbonyl (C=O) groups is 1. The fourth-order valence-electron chi connectivity index (χ4n) is 3.81. The zero-order valence-corrected chi connectivity index (χ0v) is 16.8. The van der Waals surface area contributed by atoms with E-state index >= 15 is 0 Å². The van der Waals surface area contributed by atoms with Gasteiger partial charge in [0.1, 0.15) is 0 Å². The van der Waals surface area contributed by atoms with Crippen molar-refractivity contribution in [2.75, 3.05) is 52.9 Å². The summed E-state index contributed by atoms with van der Waals surface area (Å²) in [5, 5.41) is 6.92. The molecule has 150 valence electrons. The molecule has 0 saturated carbocycles. The molecule has 2 N–H and O–H groups in total. The maximum Gasteiger partial charge on any atom is 0.409 e. The number of hydrogen-bond acceptors (Lipinski definition) is 4. The second-order valence-electron chi connectivity index (χ2n) is 7.51. The predicted molar refractivity (Wildman–Crippen MR) is 106 cm³/mol. The summed E-state index contributed by atoms with van der Waals surface area (Å²) in [5.41, 5.74) is 0. The number of nitrogens with zero attached hydrogens (tertiary/aromatic N) is 3. The molecule has 26 heavy (non-hydrogen) atoms. The molecule has 1 amide bonds. The van der Waals surface area contributed by atoms with Crippen LogP contribution in [0.1, 0.15) is 46.0 Å². The number of amides is 1. The van der Waals surface area contributed by atoms with Crippen molar-refractivity contribution in [2.45, 2.75) is 52.0 Å². The van der Waals surface area contributed by atoms with Gasteiger partial charge in [-0.15, -0.1) is 0 Å². The van der Waals surface area contributed by atoms with Crippen molar-refractivity contribution in [1.29, 1.82) is 0 Å². The Morgan fingerprint density at radius 3 is 2.65 bits per heavy atom. The molecule has 2 fully saturated rings. The van der Waals surface area contributed by atoms with Crippen molar-refractivity contribution in [2.24, 2.45) is 10.9 Å². The lowest BCUT2D eigenvalue weighted by Crippen LogP contribution is -2.50. The van der Waals surface area contributed by atoms with Gasteiger partial charge in [-0.05, 0) is 58.0 Å². The molecule has 2 saturated heterocycles. The van der Waals surface area contributed by atoms with Gasteiger partial charge in [0.2, 0.25) is 0 Å². The molecule has 1 unspecified atom stereocenters. The van der Waals surface area contributed by atoms with Gasteiger partial charge in [0.15, 0.2) is 5.96 Å². The summed E-state index contributed by atoms with van der Waals surface area (Å²) in [6, 6.07) is 0.356. The first-order valence-corrected chi connectivity index (χ1v) is 10.2. The number of rotatable bonds is 6. The Morgan fingerprint density at radius 1 is 1.23 bits per heavy atom. The van der Waals surface area contributed by atoms with E-state index in [1.165, 1.54) is 25.9 Å². The number of hydrogen-bond donors (Lipinski definition) is 2. The Morgan fingerprint density at radius 2 is 2.00 bits per heavy atom. The Bertz CT molecular complexity index is 449. The van der Waals surface area contributed by atoms with Crippen molar-refractivity contribution < 1.29 is 9.53 Å². The number of nitrogens with one attached hydrogen (secondary N) is 2. The van der Waals surface area contributed by atoms with Crippen LogP contribution in [0.15, 0.2) is 4.99 Å². The van der Waals surface area contributed by atoms with Gasteiger partial charge in [-0.1, -0.05) is 6.92 Å². The van der Waals surface area contributed by atoms with Crippen molar-refractivity contribution in [3.05, 3.63) is 0 Å². The average molecular weight is 368 g/mol. The summed E-state index contributed by atoms with van der Waals surface area (Å²) < 4.78 is 5.07. The van der Waals surface area contributed by atoms with Crippen LogP contribution in [0.25, 0.3) is 0 Å². The lowest BCUT2D eigenvalue weighted by atomic mass is 10.0. The van der Waals surface area contributed by atoms with E-state index in [1.54, 1.807) is 4.90 Å². The van der Waals surface area contributed by atoms with Crippen LogP contribution < -0.4 is 10.6 Å². The van der Waals surface area contributed by atoms with Gasteiger partial charge in [-0.2, -0.15) is 0 Å². The number of likely N-dealkylation sites (tertiary alicyclic amines) is 2. The molecule has 0 aromatic rings. The van der Waals surface area contributed by atoms with Crippen LogP contribution in [-0.4, -0.2) is 80.8 Å². The highest BCUT2D eigenvalue weighted by Gasteiger charge is 2.24. The summed E-state index contributed by atoms with van der Waals surface area (Å²) in [7, 11) is 1.81. The number of ether oxygens (including phenoxy) is 1. The van der Waals surface area contributed by atoms with Crippen LogP contribution in [0.5, 0.6) is 0 Å². The molecule has 2 heterocycles. The number of piperidine rings is 2. The van der Waals surface area contributed by atoms with Crippen molar-refractivity contribution in [1.82, 2.24) is 20.4 Å². The molecule has 0 bridgehead atoms. The monoisotopic (exact) mass is 367 g/mol. The Hall–Kier alpha value is -1.50. The van der Waals surface area contributed by atoms with E-state index < -0.39 is 0 Å². The van der Waals surface area contributed by atoms with Gasteiger partial charge in [-0.3, -0.25) is 4.99 Å². The van der Waals surface area contributed by atoms with Gasteiger partial charge in [-0.25, -0.2) is 4.79 Å². The summed E-state index contributed by atoms with van der Waals surface area (Å²) in [4.78, 5) is 20.5. The minimum absolute atomic E-state index is 0.194. The highest BCUT2D eigenvalue weighted by Crippen LogP contribution is 2.15. The highest BCUT2D eigenvalue weighted by atomic mass is 16.6. The SMILES string of the molecule is CCOC(=O)N1CCC(NC(=NC)NCCCN2CCCC(C)C2)CC1. The van der Waals surface area contributed by atoms with Crippen molar-refractivity contribution in [3.63, 3.8) is 0 Å². The average Bonchev–Trinajstić information content (AvgIpc) is 2.65. The minimum atomic E-state index is -0.194. The molecule has 7 nitrogen and oxygen atoms in total. The molecule has 2 aliphatic heterocycles. The molecular weight excluding hydrogens is 330 g/mol. The maximum absolute atomic E-state index is 11.8. The van der Waals surface area contributed by atoms with Crippen LogP contribution in [0, 0.1) is 5.92 Å². The second kappa shape index (κ2) is 11.3. The molecule has 7 heteroatoms. The molecule has 1 atom stereocenters. The molecule has 0 radical (unpaired) electrons. The topological polar surface area (TPSA) is 69.2 Å². The van der Waals surface area contributed by atoms with Crippen LogP contribution in [0.4, 0.5) is 4.79 Å². The van der Waals surface area contributed by atoms with Crippen molar-refractivity contribution in [3.8, 4) is 0 Å². The lowest BCUT2D eigenvalue weighted by molar-refractivity contribution is 0.0963. The van der Waals surface area contributed by atoms with Crippen LogP contribution in [-0.2, 0) is 4.74 Å². The van der Waals surface area contributed by atoms with Crippen LogP contribution in [0.3, 0.4) is 0 Å². The molecule has 0 aromatic heterocycles. The first-order chi connectivity index (χ1) is 12.6. The first-order valence-electron chi connectivity index (χ1n) is 10.2. The minimum Gasteiger partial charge on any atom is -0.450 e. The van der Waals surface area contributed by atoms with E-state index in [1.807, 2.05) is 14.0 Å². The molecule has 0 aliphatic carbocycles. The van der Waals surface area contributed by atoms with Gasteiger partial charge < -0.3 is 25.2 Å². The van der Waals surface area contributed by atoms with Gasteiger partial charge in [0.25, 0.3) is 0 Å². The van der Waals surface area contributed by atoms with Gasteiger partial charge >= 0.3 is 6.09 Å². The normalized spacial score (nSPS) is 23.0. The van der Waals surface area contributed by atoms with E-state index in [0.717, 1.165) is 57.3 Å². The van der Waals surface area contributed by atoms with Crippen LogP contribution >= 0.6 is 0 Å². The van der Waals surface area contributed by atoms with E-state index in [2.05, 4.69) is 27.4 Å². The Kier molecular flexibility index (Phi) is 9.01. The molecule has 0 spiro atoms. The third-order valence-corrected chi connectivity index (χ3v) is 5.27. The summed E-state index contributed by atoms with van der Waals surface area (Å²) >= 11 is 0. The molecular formula is C19H37N5O2. The fraction of sp³-hybridized carbons (Fsp3) is 0.895. The summed E-state index contributed by atoms with van der Waals surface area (Å²) in [5.74, 6) is 1.71. The van der Waals surface area contributed by atoms with E-state index in [9.17, 15) is 4.79 Å². The number of aliphatic imine (C=N–C) groups is 1. The second-order valence-corrected chi connectivity index (χ2v) is 7.51. The largest absolute Gasteiger partial charge is 0.450 e. The summed E-state index contributed by atoms with van der Waals surface area (Å²) in [6.45, 7) is 10.7. The third kappa shape index (κ3) is 7.02. The Balaban J connectivity index is 1.60. The highest BCUT2D eigenvalue weighted by molar-refractivity contribution is 5.80. The molecule has 2 aliphatic rings. The zero-order valence-electron chi connectivity index (χ0n) is 16.8. The smallest absolute Gasteiger partial charge is 0.409 e. The number of carbonyl (C=O) groups excluding carboxylic acids is 1.